The Kier molecular flexibility index (Phi) is 5.64. The van der Waals surface area contributed by atoms with Crippen molar-refractivity contribution >= 4 is 17.7 Å². The molecule has 9 heteroatoms. The number of halogens is 3. The van der Waals surface area contributed by atoms with Gasteiger partial charge < -0.3 is 14.3 Å². The fourth-order valence-corrected chi connectivity index (χ4v) is 4.34. The van der Waals surface area contributed by atoms with Gasteiger partial charge in [0.1, 0.15) is 0 Å². The zero-order valence-electron chi connectivity index (χ0n) is 12.5. The molecule has 1 aromatic heterocycles. The third kappa shape index (κ3) is 4.89. The second-order valence-electron chi connectivity index (χ2n) is 5.64. The lowest BCUT2D eigenvalue weighted by Crippen LogP contribution is -2.58. The maximum Gasteiger partial charge on any atom is 0.490 e. The number of carboxylic acids is 1. The van der Waals surface area contributed by atoms with Crippen molar-refractivity contribution in [2.75, 3.05) is 26.0 Å². The normalized spacial score (nSPS) is 23.2. The topological polar surface area (TPSA) is 62.9 Å². The first-order valence-electron chi connectivity index (χ1n) is 6.94. The molecule has 0 radical (unpaired) electrons. The van der Waals surface area contributed by atoms with Crippen LogP contribution in [0.25, 0.3) is 0 Å². The summed E-state index contributed by atoms with van der Waals surface area (Å²) in [5, 5.41) is 7.12. The molecular formula is C14H18F3NO4S. The summed E-state index contributed by atoms with van der Waals surface area (Å²) in [6, 6.07) is 2.05. The van der Waals surface area contributed by atoms with E-state index in [4.69, 9.17) is 19.1 Å². The first-order chi connectivity index (χ1) is 10.7. The van der Waals surface area contributed by atoms with Crippen LogP contribution in [0.4, 0.5) is 13.2 Å². The van der Waals surface area contributed by atoms with E-state index in [1.165, 1.54) is 25.1 Å². The molecule has 0 bridgehead atoms. The van der Waals surface area contributed by atoms with E-state index in [9.17, 15) is 13.2 Å². The lowest BCUT2D eigenvalue weighted by atomic mass is 9.92. The summed E-state index contributed by atoms with van der Waals surface area (Å²) in [7, 11) is 1.83. The number of hydrogen-bond donors (Lipinski definition) is 1. The first-order valence-corrected chi connectivity index (χ1v) is 7.93. The molecule has 0 aliphatic carbocycles. The Balaban J connectivity index is 0.000000236. The SMILES string of the molecule is COC1CSC2(C1)CN(Cc1ccoc1)C2.O=C(O)C(F)(F)F. The molecule has 0 aromatic carbocycles. The first kappa shape index (κ1) is 18.2. The van der Waals surface area contributed by atoms with Crippen LogP contribution in [-0.2, 0) is 16.1 Å². The Morgan fingerprint density at radius 2 is 2.22 bits per heavy atom. The smallest absolute Gasteiger partial charge is 0.475 e. The highest BCUT2D eigenvalue weighted by atomic mass is 32.2. The van der Waals surface area contributed by atoms with Gasteiger partial charge in [-0.3, -0.25) is 4.90 Å². The van der Waals surface area contributed by atoms with Crippen molar-refractivity contribution in [1.29, 1.82) is 0 Å². The van der Waals surface area contributed by atoms with Gasteiger partial charge in [0, 0.05) is 42.8 Å². The number of carboxylic acid groups (broad SMARTS) is 1. The van der Waals surface area contributed by atoms with Crippen LogP contribution in [0.3, 0.4) is 0 Å². The third-order valence-electron chi connectivity index (χ3n) is 3.76. The van der Waals surface area contributed by atoms with Crippen molar-refractivity contribution in [3.8, 4) is 0 Å². The highest BCUT2D eigenvalue weighted by Gasteiger charge is 2.48. The van der Waals surface area contributed by atoms with E-state index in [1.807, 2.05) is 19.4 Å². The van der Waals surface area contributed by atoms with E-state index in [-0.39, 0.29) is 0 Å². The van der Waals surface area contributed by atoms with Crippen molar-refractivity contribution in [2.45, 2.75) is 30.0 Å². The van der Waals surface area contributed by atoms with Gasteiger partial charge in [-0.25, -0.2) is 4.79 Å². The molecule has 2 aliphatic heterocycles. The van der Waals surface area contributed by atoms with Gasteiger partial charge in [0.25, 0.3) is 0 Å². The van der Waals surface area contributed by atoms with Crippen LogP contribution in [0.2, 0.25) is 0 Å². The van der Waals surface area contributed by atoms with Crippen molar-refractivity contribution in [2.24, 2.45) is 0 Å². The number of likely N-dealkylation sites (tertiary alicyclic amines) is 1. The van der Waals surface area contributed by atoms with E-state index in [2.05, 4.69) is 16.7 Å². The molecule has 1 aromatic rings. The van der Waals surface area contributed by atoms with Gasteiger partial charge in [-0.15, -0.1) is 11.8 Å². The quantitative estimate of drug-likeness (QED) is 0.901. The summed E-state index contributed by atoms with van der Waals surface area (Å²) in [5.74, 6) is -1.59. The molecule has 130 valence electrons. The Morgan fingerprint density at radius 1 is 1.57 bits per heavy atom. The van der Waals surface area contributed by atoms with Gasteiger partial charge in [-0.05, 0) is 12.5 Å². The van der Waals surface area contributed by atoms with E-state index in [1.54, 1.807) is 6.26 Å². The number of ether oxygens (including phenoxy) is 1. The molecule has 5 nitrogen and oxygen atoms in total. The van der Waals surface area contributed by atoms with Gasteiger partial charge in [-0.1, -0.05) is 0 Å². The lowest BCUT2D eigenvalue weighted by molar-refractivity contribution is -0.192. The zero-order chi connectivity index (χ0) is 17.1. The van der Waals surface area contributed by atoms with Gasteiger partial charge in [0.05, 0.1) is 18.6 Å². The largest absolute Gasteiger partial charge is 0.490 e. The zero-order valence-corrected chi connectivity index (χ0v) is 13.3. The maximum atomic E-state index is 10.6. The molecule has 23 heavy (non-hydrogen) atoms. The summed E-state index contributed by atoms with van der Waals surface area (Å²) >= 11 is 2.09. The van der Waals surface area contributed by atoms with E-state index in [0.29, 0.717) is 10.9 Å². The number of thioether (sulfide) groups is 1. The molecule has 3 rings (SSSR count). The van der Waals surface area contributed by atoms with Crippen LogP contribution in [0.15, 0.2) is 23.0 Å². The molecular weight excluding hydrogens is 335 g/mol. The molecule has 2 fully saturated rings. The number of aliphatic carboxylic acids is 1. The van der Waals surface area contributed by atoms with Gasteiger partial charge in [0.2, 0.25) is 0 Å². The van der Waals surface area contributed by atoms with Gasteiger partial charge in [0.15, 0.2) is 0 Å². The second-order valence-corrected chi connectivity index (χ2v) is 7.12. The monoisotopic (exact) mass is 353 g/mol. The van der Waals surface area contributed by atoms with Crippen LogP contribution in [0.5, 0.6) is 0 Å². The molecule has 0 amide bonds. The predicted molar refractivity (Wildman–Crippen MR) is 78.3 cm³/mol. The summed E-state index contributed by atoms with van der Waals surface area (Å²) in [6.07, 6.45) is 0.192. The highest BCUT2D eigenvalue weighted by Crippen LogP contribution is 2.46. The minimum atomic E-state index is -5.08. The number of furan rings is 1. The molecule has 1 atom stereocenters. The van der Waals surface area contributed by atoms with Crippen molar-refractivity contribution in [3.05, 3.63) is 24.2 Å². The predicted octanol–water partition coefficient (Wildman–Crippen LogP) is 2.62. The summed E-state index contributed by atoms with van der Waals surface area (Å²) in [6.45, 7) is 3.42. The van der Waals surface area contributed by atoms with E-state index >= 15 is 0 Å². The summed E-state index contributed by atoms with van der Waals surface area (Å²) in [5.41, 5.74) is 1.28. The molecule has 2 saturated heterocycles. The second kappa shape index (κ2) is 7.14. The molecule has 1 unspecified atom stereocenters. The fraction of sp³-hybridized carbons (Fsp3) is 0.643. The van der Waals surface area contributed by atoms with Crippen molar-refractivity contribution < 1.29 is 32.2 Å². The van der Waals surface area contributed by atoms with Gasteiger partial charge >= 0.3 is 12.1 Å². The average molecular weight is 353 g/mol. The number of rotatable bonds is 3. The number of alkyl halides is 3. The van der Waals surface area contributed by atoms with Crippen LogP contribution in [0, 0.1) is 0 Å². The number of nitrogens with zero attached hydrogens (tertiary/aromatic N) is 1. The Labute approximate surface area is 135 Å². The lowest BCUT2D eigenvalue weighted by Gasteiger charge is -2.47. The minimum Gasteiger partial charge on any atom is -0.475 e. The van der Waals surface area contributed by atoms with Crippen molar-refractivity contribution in [3.63, 3.8) is 0 Å². The number of methoxy groups -OCH3 is 1. The summed E-state index contributed by atoms with van der Waals surface area (Å²) < 4.78 is 42.7. The van der Waals surface area contributed by atoms with Crippen LogP contribution in [-0.4, -0.2) is 59.0 Å². The molecule has 1 spiro atoms. The van der Waals surface area contributed by atoms with Gasteiger partial charge in [-0.2, -0.15) is 13.2 Å². The molecule has 2 aliphatic rings. The number of hydrogen-bond acceptors (Lipinski definition) is 5. The highest BCUT2D eigenvalue weighted by molar-refractivity contribution is 8.01. The number of carbonyl (C=O) groups is 1. The summed E-state index contributed by atoms with van der Waals surface area (Å²) in [4.78, 5) is 11.4. The van der Waals surface area contributed by atoms with Crippen molar-refractivity contribution in [1.82, 2.24) is 4.90 Å². The maximum absolute atomic E-state index is 10.6. The van der Waals surface area contributed by atoms with Crippen LogP contribution in [0.1, 0.15) is 12.0 Å². The Morgan fingerprint density at radius 3 is 2.65 bits per heavy atom. The van der Waals surface area contributed by atoms with E-state index < -0.39 is 12.1 Å². The van der Waals surface area contributed by atoms with Crippen LogP contribution >= 0.6 is 11.8 Å². The van der Waals surface area contributed by atoms with Crippen LogP contribution < -0.4 is 0 Å². The standard InChI is InChI=1S/C12H17NO2S.C2HF3O2/c1-14-11-4-12(16-7-11)8-13(9-12)5-10-2-3-15-6-10;3-2(4,5)1(6)7/h2-3,6,11H,4-5,7-9H2,1H3;(H,6,7). The fourth-order valence-electron chi connectivity index (χ4n) is 2.70. The molecule has 0 saturated carbocycles. The molecule has 1 N–H and O–H groups in total. The molecule has 3 heterocycles. The minimum absolute atomic E-state index is 0.473. The average Bonchev–Trinajstić information content (AvgIpc) is 3.07. The Bertz CT molecular complexity index is 515. The van der Waals surface area contributed by atoms with E-state index in [0.717, 1.165) is 12.3 Å². The Hall–Kier alpha value is -1.19. The third-order valence-corrected chi connectivity index (χ3v) is 5.34.